The van der Waals surface area contributed by atoms with Crippen LogP contribution in [0.3, 0.4) is 0 Å². The van der Waals surface area contributed by atoms with Crippen molar-refractivity contribution in [3.8, 4) is 0 Å². The molecular formula is C35H53N17O2. The lowest BCUT2D eigenvalue weighted by Crippen LogP contribution is -2.22. The molecule has 290 valence electrons. The average Bonchev–Trinajstić information content (AvgIpc) is 3.11. The van der Waals surface area contributed by atoms with E-state index in [0.717, 1.165) is 48.8 Å². The van der Waals surface area contributed by atoms with E-state index in [2.05, 4.69) is 46.1 Å². The molecule has 0 aliphatic heterocycles. The standard InChI is InChI=1S/C35H53N17O2/c1-20(45-49-32(36)37)25-13-24(14-26(16-25)21(2)46-50-33(38)39)15-30(53)11-9-7-5-6-8-10-12-31(54)44-29-18-27(22(3)47-51-34(40)41)17-28(19-29)23(4)48-52-35(42)43/h13-14,16-19H,5-12,15H2,1-4H3,(H,44,54)(H4,36,37,49)(H4,38,39,50)(H4,40,41,51)(H4,42,43,52)/b45-20+,46-21+,47-22+,48-23+. The van der Waals surface area contributed by atoms with E-state index in [1.807, 2.05) is 24.3 Å². The van der Waals surface area contributed by atoms with Crippen LogP contribution in [0.15, 0.2) is 77.2 Å². The van der Waals surface area contributed by atoms with Gasteiger partial charge in [-0.3, -0.25) is 9.59 Å². The van der Waals surface area contributed by atoms with E-state index < -0.39 is 0 Å². The molecule has 0 radical (unpaired) electrons. The van der Waals surface area contributed by atoms with Crippen LogP contribution in [0.1, 0.15) is 107 Å². The highest BCUT2D eigenvalue weighted by atomic mass is 16.1. The number of hydrogen-bond acceptors (Lipinski definition) is 10. The van der Waals surface area contributed by atoms with Gasteiger partial charge in [-0.2, -0.15) is 20.4 Å². The molecule has 19 nitrogen and oxygen atoms in total. The molecule has 0 atom stereocenters. The second-order valence-corrected chi connectivity index (χ2v) is 12.4. The molecule has 0 bridgehead atoms. The number of Topliss-reactive ketones (excluding diaryl/α,β-unsaturated/α-hetero) is 1. The topological polar surface area (TPSA) is 353 Å². The van der Waals surface area contributed by atoms with E-state index >= 15 is 0 Å². The molecule has 0 aliphatic carbocycles. The molecule has 2 aromatic rings. The van der Waals surface area contributed by atoms with Crippen molar-refractivity contribution >= 4 is 64.1 Å². The van der Waals surface area contributed by atoms with Crippen LogP contribution in [0.5, 0.6) is 0 Å². The third kappa shape index (κ3) is 17.0. The number of ketones is 1. The predicted molar refractivity (Wildman–Crippen MR) is 219 cm³/mol. The van der Waals surface area contributed by atoms with Crippen molar-refractivity contribution in [2.75, 3.05) is 5.32 Å². The summed E-state index contributed by atoms with van der Waals surface area (Å²) in [6.07, 6.45) is 6.15. The molecule has 0 unspecified atom stereocenters. The molecule has 0 saturated carbocycles. The third-order valence-corrected chi connectivity index (χ3v) is 7.65. The summed E-state index contributed by atoms with van der Waals surface area (Å²) in [4.78, 5) is 25.8. The Bertz CT molecular complexity index is 1630. The zero-order valence-corrected chi connectivity index (χ0v) is 31.3. The molecule has 54 heavy (non-hydrogen) atoms. The zero-order valence-electron chi connectivity index (χ0n) is 31.3. The van der Waals surface area contributed by atoms with Crippen molar-refractivity contribution in [3.63, 3.8) is 0 Å². The minimum Gasteiger partial charge on any atom is -0.369 e. The maximum atomic E-state index is 12.9. The number of nitrogens with zero attached hydrogens (tertiary/aromatic N) is 8. The first-order valence-electron chi connectivity index (χ1n) is 17.2. The van der Waals surface area contributed by atoms with Gasteiger partial charge in [-0.05, 0) is 93.6 Å². The zero-order chi connectivity index (χ0) is 40.2. The molecule has 17 N–H and O–H groups in total. The summed E-state index contributed by atoms with van der Waals surface area (Å²) in [6.45, 7) is 6.98. The summed E-state index contributed by atoms with van der Waals surface area (Å²) in [5, 5.41) is 34.0. The van der Waals surface area contributed by atoms with Crippen LogP contribution in [0.25, 0.3) is 0 Å². The molecular weight excluding hydrogens is 691 g/mol. The molecule has 0 fully saturated rings. The normalized spacial score (nSPS) is 12.1. The summed E-state index contributed by atoms with van der Waals surface area (Å²) in [5.74, 6) is -0.733. The van der Waals surface area contributed by atoms with Gasteiger partial charge in [0.05, 0.1) is 22.8 Å². The van der Waals surface area contributed by atoms with Gasteiger partial charge in [0.1, 0.15) is 5.78 Å². The summed E-state index contributed by atoms with van der Waals surface area (Å²) < 4.78 is 0. The van der Waals surface area contributed by atoms with Gasteiger partial charge in [0.25, 0.3) is 0 Å². The van der Waals surface area contributed by atoms with E-state index in [4.69, 9.17) is 45.9 Å². The Morgan fingerprint density at radius 3 is 1.17 bits per heavy atom. The van der Waals surface area contributed by atoms with E-state index in [-0.39, 0.29) is 41.9 Å². The number of carbonyl (C=O) groups is 2. The van der Waals surface area contributed by atoms with Crippen LogP contribution in [-0.2, 0) is 16.0 Å². The summed E-state index contributed by atoms with van der Waals surface area (Å²) in [5.41, 5.74) is 49.6. The minimum absolute atomic E-state index is 0.107. The quantitative estimate of drug-likeness (QED) is 0.0407. The van der Waals surface area contributed by atoms with Gasteiger partial charge in [0.15, 0.2) is 0 Å². The number of anilines is 1. The van der Waals surface area contributed by atoms with Gasteiger partial charge in [0, 0.05) is 36.1 Å². The Kier molecular flexibility index (Phi) is 18.0. The van der Waals surface area contributed by atoms with Crippen molar-refractivity contribution in [2.45, 2.75) is 85.5 Å². The number of carbonyl (C=O) groups excluding carboxylic acids is 2. The first-order valence-corrected chi connectivity index (χ1v) is 17.2. The first-order chi connectivity index (χ1) is 25.5. The van der Waals surface area contributed by atoms with Crippen molar-refractivity contribution in [1.29, 1.82) is 0 Å². The van der Waals surface area contributed by atoms with Gasteiger partial charge in [-0.25, -0.2) is 0 Å². The number of hydrogen-bond donors (Lipinski definition) is 9. The SMILES string of the molecule is C/C(=N\N=C(N)N)c1cc(CC(=O)CCCCCCCCC(=O)Nc2cc(/C(C)=N/N=C(N)N)cc(/C(C)=N/N=C(N)N)c2)cc(/C(C)=N/N=C(N)N)c1. The average molecular weight is 744 g/mol. The Labute approximate surface area is 315 Å². The number of benzene rings is 2. The molecule has 19 heteroatoms. The number of rotatable bonds is 20. The van der Waals surface area contributed by atoms with Gasteiger partial charge < -0.3 is 51.2 Å². The Morgan fingerprint density at radius 1 is 0.463 bits per heavy atom. The minimum atomic E-state index is -0.183. The molecule has 0 spiro atoms. The van der Waals surface area contributed by atoms with Crippen LogP contribution in [0.4, 0.5) is 5.69 Å². The van der Waals surface area contributed by atoms with Crippen LogP contribution >= 0.6 is 0 Å². The summed E-state index contributed by atoms with van der Waals surface area (Å²) in [7, 11) is 0. The van der Waals surface area contributed by atoms with E-state index in [1.54, 1.807) is 39.8 Å². The molecule has 2 aromatic carbocycles. The van der Waals surface area contributed by atoms with Crippen molar-refractivity contribution < 1.29 is 9.59 Å². The maximum absolute atomic E-state index is 12.9. The fourth-order valence-electron chi connectivity index (χ4n) is 4.95. The third-order valence-electron chi connectivity index (χ3n) is 7.65. The van der Waals surface area contributed by atoms with Gasteiger partial charge in [-0.1, -0.05) is 25.7 Å². The molecule has 0 heterocycles. The number of unbranched alkanes of at least 4 members (excludes halogenated alkanes) is 5. The van der Waals surface area contributed by atoms with E-state index in [0.29, 0.717) is 58.9 Å². The highest BCUT2D eigenvalue weighted by Gasteiger charge is 2.12. The highest BCUT2D eigenvalue weighted by molar-refractivity contribution is 6.07. The van der Waals surface area contributed by atoms with Crippen LogP contribution in [0, 0.1) is 0 Å². The lowest BCUT2D eigenvalue weighted by molar-refractivity contribution is -0.118. The van der Waals surface area contributed by atoms with Gasteiger partial charge in [0.2, 0.25) is 29.7 Å². The van der Waals surface area contributed by atoms with Crippen LogP contribution in [0.2, 0.25) is 0 Å². The predicted octanol–water partition coefficient (Wildman–Crippen LogP) is 1.55. The van der Waals surface area contributed by atoms with Gasteiger partial charge >= 0.3 is 0 Å². The molecule has 2 rings (SSSR count). The number of nitrogens with one attached hydrogen (secondary N) is 1. The first kappa shape index (κ1) is 43.5. The smallest absolute Gasteiger partial charge is 0.224 e. The molecule has 0 saturated heterocycles. The monoisotopic (exact) mass is 743 g/mol. The maximum Gasteiger partial charge on any atom is 0.224 e. The second-order valence-electron chi connectivity index (χ2n) is 12.4. The Balaban J connectivity index is 1.91. The van der Waals surface area contributed by atoms with E-state index in [9.17, 15) is 9.59 Å². The summed E-state index contributed by atoms with van der Waals surface area (Å²) >= 11 is 0. The second kappa shape index (κ2) is 22.3. The molecule has 1 amide bonds. The van der Waals surface area contributed by atoms with Crippen molar-refractivity contribution in [1.82, 2.24) is 0 Å². The fraction of sp³-hybridized carbons (Fsp3) is 0.371. The summed E-state index contributed by atoms with van der Waals surface area (Å²) in [6, 6.07) is 10.9. The lowest BCUT2D eigenvalue weighted by atomic mass is 9.96. The largest absolute Gasteiger partial charge is 0.369 e. The Hall–Kier alpha value is -6.66. The highest BCUT2D eigenvalue weighted by Crippen LogP contribution is 2.19. The molecule has 0 aromatic heterocycles. The van der Waals surface area contributed by atoms with Crippen LogP contribution in [-0.4, -0.2) is 58.4 Å². The van der Waals surface area contributed by atoms with Crippen LogP contribution < -0.4 is 51.2 Å². The Morgan fingerprint density at radius 2 is 0.796 bits per heavy atom. The fourth-order valence-corrected chi connectivity index (χ4v) is 4.95. The number of nitrogens with two attached hydrogens (primary N) is 8. The van der Waals surface area contributed by atoms with Crippen molar-refractivity contribution in [3.05, 3.63) is 64.2 Å². The van der Waals surface area contributed by atoms with E-state index in [1.165, 1.54) is 0 Å². The number of guanidine groups is 4. The lowest BCUT2D eigenvalue weighted by Gasteiger charge is -2.11. The molecule has 0 aliphatic rings. The van der Waals surface area contributed by atoms with Crippen molar-refractivity contribution in [2.24, 2.45) is 86.7 Å². The number of amides is 1. The van der Waals surface area contributed by atoms with Gasteiger partial charge in [-0.15, -0.1) is 20.4 Å².